The molecule has 9 heteroatoms. The quantitative estimate of drug-likeness (QED) is 0.188. The first-order valence-corrected chi connectivity index (χ1v) is 12.7. The van der Waals surface area contributed by atoms with Crippen molar-refractivity contribution in [2.24, 2.45) is 0 Å². The van der Waals surface area contributed by atoms with E-state index in [0.717, 1.165) is 24.3 Å². The molecule has 9 nitrogen and oxygen atoms in total. The van der Waals surface area contributed by atoms with Crippen molar-refractivity contribution in [1.29, 1.82) is 0 Å². The van der Waals surface area contributed by atoms with E-state index in [1.54, 1.807) is 18.2 Å². The lowest BCUT2D eigenvalue weighted by Crippen LogP contribution is -2.30. The Kier molecular flexibility index (Phi) is 6.98. The van der Waals surface area contributed by atoms with Crippen LogP contribution in [0, 0.1) is 0 Å². The second kappa shape index (κ2) is 10.5. The monoisotopic (exact) mass is 526 g/mol. The maximum absolute atomic E-state index is 13.6. The molecule has 1 saturated heterocycles. The number of rotatable bonds is 8. The number of ketones is 1. The smallest absolute Gasteiger partial charge is 0.302 e. The van der Waals surface area contributed by atoms with Crippen LogP contribution in [0.3, 0.4) is 0 Å². The van der Waals surface area contributed by atoms with Gasteiger partial charge >= 0.3 is 5.91 Å². The highest BCUT2D eigenvalue weighted by atomic mass is 16.5. The second-order valence-corrected chi connectivity index (χ2v) is 9.08. The van der Waals surface area contributed by atoms with Gasteiger partial charge in [0.25, 0.3) is 5.78 Å². The van der Waals surface area contributed by atoms with E-state index in [1.807, 2.05) is 48.5 Å². The van der Waals surface area contributed by atoms with E-state index in [9.17, 15) is 14.7 Å². The molecule has 5 rings (SSSR count). The highest BCUT2D eigenvalue weighted by Crippen LogP contribution is 2.43. The van der Waals surface area contributed by atoms with Crippen molar-refractivity contribution < 1.29 is 24.2 Å². The van der Waals surface area contributed by atoms with Gasteiger partial charge in [-0.2, -0.15) is 0 Å². The zero-order valence-corrected chi connectivity index (χ0v) is 22.3. The molecular weight excluding hydrogens is 496 g/mol. The standard InChI is InChI=1S/C30H30N4O5/c1-5-33(6-2)19-13-11-18(12-14-19)26-25(27(35)21-17-20(38-3)15-16-24(21)39-4)28(36)29(37)34(26)30-31-22-9-7-8-10-23(22)32-30/h7-17,26,35H,5-6H2,1-4H3,(H,31,32)/b27-25+. The van der Waals surface area contributed by atoms with Gasteiger partial charge < -0.3 is 24.5 Å². The van der Waals surface area contributed by atoms with E-state index in [2.05, 4.69) is 28.7 Å². The van der Waals surface area contributed by atoms with E-state index in [1.165, 1.54) is 19.1 Å². The maximum atomic E-state index is 13.6. The average Bonchev–Trinajstić information content (AvgIpc) is 3.51. The van der Waals surface area contributed by atoms with Crippen molar-refractivity contribution >= 4 is 40.1 Å². The fourth-order valence-electron chi connectivity index (χ4n) is 5.02. The molecule has 0 saturated carbocycles. The predicted molar refractivity (Wildman–Crippen MR) is 150 cm³/mol. The molecule has 0 spiro atoms. The third-order valence-corrected chi connectivity index (χ3v) is 7.05. The highest BCUT2D eigenvalue weighted by molar-refractivity contribution is 6.51. The van der Waals surface area contributed by atoms with Crippen LogP contribution in [0.4, 0.5) is 11.6 Å². The number of aromatic amines is 1. The van der Waals surface area contributed by atoms with Crippen LogP contribution in [-0.2, 0) is 9.59 Å². The molecule has 4 aromatic rings. The lowest BCUT2D eigenvalue weighted by molar-refractivity contribution is -0.132. The number of aromatic nitrogens is 2. The number of benzene rings is 3. The zero-order chi connectivity index (χ0) is 27.7. The van der Waals surface area contributed by atoms with Gasteiger partial charge in [-0.1, -0.05) is 24.3 Å². The Morgan fingerprint density at radius 3 is 2.36 bits per heavy atom. The first-order valence-electron chi connectivity index (χ1n) is 12.7. The van der Waals surface area contributed by atoms with Crippen LogP contribution in [0.2, 0.25) is 0 Å². The van der Waals surface area contributed by atoms with Gasteiger partial charge in [-0.3, -0.25) is 14.5 Å². The van der Waals surface area contributed by atoms with Gasteiger partial charge in [-0.05, 0) is 61.9 Å². The summed E-state index contributed by atoms with van der Waals surface area (Å²) in [6, 6.07) is 19.0. The third kappa shape index (κ3) is 4.46. The molecule has 1 atom stereocenters. The van der Waals surface area contributed by atoms with Crippen molar-refractivity contribution in [1.82, 2.24) is 9.97 Å². The summed E-state index contributed by atoms with van der Waals surface area (Å²) in [5.41, 5.74) is 3.21. The van der Waals surface area contributed by atoms with Gasteiger partial charge in [0.1, 0.15) is 17.3 Å². The Hall–Kier alpha value is -4.79. The number of hydrogen-bond acceptors (Lipinski definition) is 7. The number of fused-ring (bicyclic) bond motifs is 1. The Morgan fingerprint density at radius 2 is 1.72 bits per heavy atom. The van der Waals surface area contributed by atoms with Crippen LogP contribution in [-0.4, -0.2) is 54.1 Å². The first-order chi connectivity index (χ1) is 18.9. The van der Waals surface area contributed by atoms with Crippen LogP contribution in [0.1, 0.15) is 31.0 Å². The van der Waals surface area contributed by atoms with Gasteiger partial charge in [0.2, 0.25) is 5.95 Å². The number of aliphatic hydroxyl groups is 1. The van der Waals surface area contributed by atoms with E-state index in [0.29, 0.717) is 22.6 Å². The molecule has 1 fully saturated rings. The number of aliphatic hydroxyl groups excluding tert-OH is 1. The van der Waals surface area contributed by atoms with Crippen molar-refractivity contribution in [3.63, 3.8) is 0 Å². The summed E-state index contributed by atoms with van der Waals surface area (Å²) in [6.07, 6.45) is 0. The Bertz CT molecular complexity index is 1540. The molecule has 39 heavy (non-hydrogen) atoms. The van der Waals surface area contributed by atoms with Crippen LogP contribution in [0.5, 0.6) is 11.5 Å². The number of carbonyl (C=O) groups excluding carboxylic acids is 2. The number of anilines is 2. The lowest BCUT2D eigenvalue weighted by Gasteiger charge is -2.25. The number of para-hydroxylation sites is 2. The molecule has 3 aromatic carbocycles. The van der Waals surface area contributed by atoms with Gasteiger partial charge in [0, 0.05) is 18.8 Å². The highest BCUT2D eigenvalue weighted by Gasteiger charge is 2.48. The molecule has 1 aliphatic heterocycles. The number of carbonyl (C=O) groups is 2. The van der Waals surface area contributed by atoms with Gasteiger partial charge in [-0.25, -0.2) is 4.98 Å². The van der Waals surface area contributed by atoms with E-state index in [-0.39, 0.29) is 22.8 Å². The van der Waals surface area contributed by atoms with E-state index in [4.69, 9.17) is 9.47 Å². The SMILES string of the molecule is CCN(CC)c1ccc(C2/C(=C(\O)c3cc(OC)ccc3OC)C(=O)C(=O)N2c2nc3ccccc3[nH]2)cc1. The van der Waals surface area contributed by atoms with Crippen molar-refractivity contribution in [3.8, 4) is 11.5 Å². The van der Waals surface area contributed by atoms with Crippen LogP contribution >= 0.6 is 0 Å². The molecular formula is C30H30N4O5. The Morgan fingerprint density at radius 1 is 1.00 bits per heavy atom. The summed E-state index contributed by atoms with van der Waals surface area (Å²) in [4.78, 5) is 38.4. The number of Topliss-reactive ketones (excluding diaryl/α,β-unsaturated/α-hetero) is 1. The summed E-state index contributed by atoms with van der Waals surface area (Å²) in [5.74, 6) is -0.970. The van der Waals surface area contributed by atoms with E-state index < -0.39 is 17.7 Å². The minimum Gasteiger partial charge on any atom is -0.507 e. The fraction of sp³-hybridized carbons (Fsp3) is 0.233. The topological polar surface area (TPSA) is 108 Å². The number of ether oxygens (including phenoxy) is 2. The van der Waals surface area contributed by atoms with E-state index >= 15 is 0 Å². The number of hydrogen-bond donors (Lipinski definition) is 2. The summed E-state index contributed by atoms with van der Waals surface area (Å²) >= 11 is 0. The third-order valence-electron chi connectivity index (χ3n) is 7.05. The normalized spacial score (nSPS) is 16.6. The second-order valence-electron chi connectivity index (χ2n) is 9.08. The molecule has 0 radical (unpaired) electrons. The summed E-state index contributed by atoms with van der Waals surface area (Å²) in [5, 5.41) is 11.6. The molecule has 0 aliphatic carbocycles. The number of nitrogens with zero attached hydrogens (tertiary/aromatic N) is 3. The Labute approximate surface area is 226 Å². The number of nitrogens with one attached hydrogen (secondary N) is 1. The van der Waals surface area contributed by atoms with Crippen LogP contribution in [0.15, 0.2) is 72.3 Å². The molecule has 2 heterocycles. The number of imidazole rings is 1. The largest absolute Gasteiger partial charge is 0.507 e. The first kappa shape index (κ1) is 25.8. The minimum absolute atomic E-state index is 0.0670. The molecule has 2 N–H and O–H groups in total. The van der Waals surface area contributed by atoms with Crippen LogP contribution in [0.25, 0.3) is 16.8 Å². The predicted octanol–water partition coefficient (Wildman–Crippen LogP) is 5.05. The maximum Gasteiger partial charge on any atom is 0.302 e. The summed E-state index contributed by atoms with van der Waals surface area (Å²) in [6.45, 7) is 5.83. The Balaban J connectivity index is 1.72. The van der Waals surface area contributed by atoms with Crippen molar-refractivity contribution in [2.45, 2.75) is 19.9 Å². The van der Waals surface area contributed by atoms with Gasteiger partial charge in [0.15, 0.2) is 0 Å². The number of methoxy groups -OCH3 is 2. The molecule has 1 amide bonds. The molecule has 200 valence electrons. The van der Waals surface area contributed by atoms with Gasteiger partial charge in [0.05, 0.1) is 42.4 Å². The summed E-state index contributed by atoms with van der Waals surface area (Å²) < 4.78 is 10.8. The van der Waals surface area contributed by atoms with Crippen molar-refractivity contribution in [3.05, 3.63) is 83.4 Å². The summed E-state index contributed by atoms with van der Waals surface area (Å²) in [7, 11) is 2.97. The molecule has 1 aliphatic rings. The molecule has 1 unspecified atom stereocenters. The number of amides is 1. The molecule has 0 bridgehead atoms. The zero-order valence-electron chi connectivity index (χ0n) is 22.3. The molecule has 1 aromatic heterocycles. The van der Waals surface area contributed by atoms with Crippen LogP contribution < -0.4 is 19.3 Å². The average molecular weight is 527 g/mol. The lowest BCUT2D eigenvalue weighted by atomic mass is 9.94. The number of H-pyrrole nitrogens is 1. The van der Waals surface area contributed by atoms with Gasteiger partial charge in [-0.15, -0.1) is 0 Å². The fourth-order valence-corrected chi connectivity index (χ4v) is 5.02. The van der Waals surface area contributed by atoms with Crippen molar-refractivity contribution in [2.75, 3.05) is 37.1 Å². The minimum atomic E-state index is -0.938.